The lowest BCUT2D eigenvalue weighted by Crippen LogP contribution is -2.14. The van der Waals surface area contributed by atoms with Gasteiger partial charge in [0.1, 0.15) is 0 Å². The van der Waals surface area contributed by atoms with E-state index in [4.69, 9.17) is 11.6 Å². The van der Waals surface area contributed by atoms with Crippen LogP contribution in [0, 0.1) is 11.6 Å². The lowest BCUT2D eigenvalue weighted by molar-refractivity contribution is 0.504. The first-order valence-electron chi connectivity index (χ1n) is 7.20. The SMILES string of the molecule is O=S(=O)(Nc1nn(Cc2ccccc2Cl)cc1Br)c1ccc(F)c(F)c1. The van der Waals surface area contributed by atoms with Crippen LogP contribution in [0.5, 0.6) is 0 Å². The maximum Gasteiger partial charge on any atom is 0.263 e. The highest BCUT2D eigenvalue weighted by Crippen LogP contribution is 2.25. The fourth-order valence-electron chi connectivity index (χ4n) is 2.18. The Labute approximate surface area is 161 Å². The van der Waals surface area contributed by atoms with Gasteiger partial charge in [0.05, 0.1) is 15.9 Å². The van der Waals surface area contributed by atoms with E-state index in [0.717, 1.165) is 17.7 Å². The molecule has 2 aromatic carbocycles. The second kappa shape index (κ2) is 7.34. The summed E-state index contributed by atoms with van der Waals surface area (Å²) in [7, 11) is -4.13. The number of halogens is 4. The first kappa shape index (κ1) is 18.8. The number of hydrogen-bond donors (Lipinski definition) is 1. The molecule has 0 unspecified atom stereocenters. The Morgan fingerprint density at radius 1 is 1.15 bits per heavy atom. The first-order chi connectivity index (χ1) is 12.3. The van der Waals surface area contributed by atoms with E-state index in [0.29, 0.717) is 22.1 Å². The number of benzene rings is 2. The van der Waals surface area contributed by atoms with Crippen molar-refractivity contribution in [1.82, 2.24) is 9.78 Å². The summed E-state index contributed by atoms with van der Waals surface area (Å²) >= 11 is 9.33. The van der Waals surface area contributed by atoms with Crippen LogP contribution in [-0.4, -0.2) is 18.2 Å². The first-order valence-corrected chi connectivity index (χ1v) is 9.86. The number of nitrogens with zero attached hydrogens (tertiary/aromatic N) is 2. The maximum absolute atomic E-state index is 13.3. The van der Waals surface area contributed by atoms with Gasteiger partial charge < -0.3 is 0 Å². The Morgan fingerprint density at radius 3 is 2.58 bits per heavy atom. The third-order valence-corrected chi connectivity index (χ3v) is 5.73. The van der Waals surface area contributed by atoms with Crippen LogP contribution in [0.4, 0.5) is 14.6 Å². The van der Waals surface area contributed by atoms with Gasteiger partial charge in [0.25, 0.3) is 10.0 Å². The van der Waals surface area contributed by atoms with E-state index in [1.165, 1.54) is 4.68 Å². The van der Waals surface area contributed by atoms with Gasteiger partial charge in [-0.25, -0.2) is 17.2 Å². The Bertz CT molecular complexity index is 1070. The second-order valence-corrected chi connectivity index (χ2v) is 8.24. The third-order valence-electron chi connectivity index (χ3n) is 3.44. The van der Waals surface area contributed by atoms with Crippen molar-refractivity contribution in [1.29, 1.82) is 0 Å². The summed E-state index contributed by atoms with van der Waals surface area (Å²) in [5.74, 6) is -2.37. The molecule has 0 amide bonds. The summed E-state index contributed by atoms with van der Waals surface area (Å²) in [4.78, 5) is -0.413. The molecule has 26 heavy (non-hydrogen) atoms. The standard InChI is InChI=1S/C16H11BrClF2N3O2S/c17-12-9-23(8-10-3-1-2-4-13(10)18)21-16(12)22-26(24,25)11-5-6-14(19)15(20)7-11/h1-7,9H,8H2,(H,21,22). The minimum Gasteiger partial charge on any atom is -0.265 e. The van der Waals surface area contributed by atoms with Crippen molar-refractivity contribution in [3.8, 4) is 0 Å². The molecule has 0 saturated heterocycles. The molecule has 136 valence electrons. The minimum absolute atomic E-state index is 0.0155. The van der Waals surface area contributed by atoms with E-state index in [1.54, 1.807) is 18.3 Å². The lowest BCUT2D eigenvalue weighted by atomic mass is 10.2. The largest absolute Gasteiger partial charge is 0.265 e. The smallest absolute Gasteiger partial charge is 0.263 e. The fraction of sp³-hybridized carbons (Fsp3) is 0.0625. The molecule has 1 aromatic heterocycles. The van der Waals surface area contributed by atoms with Crippen LogP contribution in [0.15, 0.2) is 58.0 Å². The zero-order valence-electron chi connectivity index (χ0n) is 13.0. The van der Waals surface area contributed by atoms with E-state index in [9.17, 15) is 17.2 Å². The predicted molar refractivity (Wildman–Crippen MR) is 97.6 cm³/mol. The van der Waals surface area contributed by atoms with Gasteiger partial charge in [-0.05, 0) is 45.8 Å². The van der Waals surface area contributed by atoms with Crippen molar-refractivity contribution in [3.63, 3.8) is 0 Å². The fourth-order valence-corrected chi connectivity index (χ4v) is 3.95. The topological polar surface area (TPSA) is 64.0 Å². The molecule has 1 heterocycles. The number of rotatable bonds is 5. The van der Waals surface area contributed by atoms with Crippen LogP contribution in [-0.2, 0) is 16.6 Å². The molecule has 0 radical (unpaired) electrons. The van der Waals surface area contributed by atoms with Crippen molar-refractivity contribution in [3.05, 3.63) is 75.4 Å². The van der Waals surface area contributed by atoms with Gasteiger partial charge in [0, 0.05) is 11.2 Å². The Hall–Kier alpha value is -1.97. The summed E-state index contributed by atoms with van der Waals surface area (Å²) in [6.45, 7) is 0.325. The van der Waals surface area contributed by atoms with Gasteiger partial charge in [-0.3, -0.25) is 9.40 Å². The zero-order chi connectivity index (χ0) is 18.9. The van der Waals surface area contributed by atoms with Gasteiger partial charge in [-0.2, -0.15) is 5.10 Å². The predicted octanol–water partition coefficient (Wildman–Crippen LogP) is 4.43. The molecule has 0 aliphatic heterocycles. The normalized spacial score (nSPS) is 11.5. The highest BCUT2D eigenvalue weighted by molar-refractivity contribution is 9.10. The molecule has 0 bridgehead atoms. The second-order valence-electron chi connectivity index (χ2n) is 5.30. The molecular weight excluding hydrogens is 452 g/mol. The molecule has 3 aromatic rings. The van der Waals surface area contributed by atoms with Gasteiger partial charge >= 0.3 is 0 Å². The van der Waals surface area contributed by atoms with Crippen LogP contribution in [0.3, 0.4) is 0 Å². The number of hydrogen-bond acceptors (Lipinski definition) is 3. The number of anilines is 1. The highest BCUT2D eigenvalue weighted by Gasteiger charge is 2.20. The van der Waals surface area contributed by atoms with E-state index in [-0.39, 0.29) is 5.82 Å². The summed E-state index contributed by atoms with van der Waals surface area (Å²) in [5.41, 5.74) is 0.805. The monoisotopic (exact) mass is 461 g/mol. The van der Waals surface area contributed by atoms with Crippen molar-refractivity contribution < 1.29 is 17.2 Å². The molecule has 0 spiro atoms. The Morgan fingerprint density at radius 2 is 1.88 bits per heavy atom. The summed E-state index contributed by atoms with van der Waals surface area (Å²) in [6.07, 6.45) is 1.58. The van der Waals surface area contributed by atoms with Crippen LogP contribution in [0.25, 0.3) is 0 Å². The number of aromatic nitrogens is 2. The summed E-state index contributed by atoms with van der Waals surface area (Å²) < 4.78 is 55.1. The highest BCUT2D eigenvalue weighted by atomic mass is 79.9. The molecule has 1 N–H and O–H groups in total. The van der Waals surface area contributed by atoms with Crippen molar-refractivity contribution in [2.45, 2.75) is 11.4 Å². The third kappa shape index (κ3) is 4.05. The van der Waals surface area contributed by atoms with Crippen LogP contribution in [0.1, 0.15) is 5.56 Å². The lowest BCUT2D eigenvalue weighted by Gasteiger charge is -2.07. The zero-order valence-corrected chi connectivity index (χ0v) is 16.1. The molecule has 3 rings (SSSR count). The van der Waals surface area contributed by atoms with Crippen LogP contribution < -0.4 is 4.72 Å². The van der Waals surface area contributed by atoms with E-state index >= 15 is 0 Å². The van der Waals surface area contributed by atoms with E-state index in [2.05, 4.69) is 25.8 Å². The molecule has 0 atom stereocenters. The Balaban J connectivity index is 1.85. The molecule has 5 nitrogen and oxygen atoms in total. The van der Waals surface area contributed by atoms with Gasteiger partial charge in [0.2, 0.25) is 0 Å². The van der Waals surface area contributed by atoms with Crippen LogP contribution in [0.2, 0.25) is 5.02 Å². The average Bonchev–Trinajstić information content (AvgIpc) is 2.91. The molecule has 0 fully saturated rings. The molecule has 10 heteroatoms. The van der Waals surface area contributed by atoms with Gasteiger partial charge in [0.15, 0.2) is 17.5 Å². The Kier molecular flexibility index (Phi) is 5.31. The van der Waals surface area contributed by atoms with Crippen LogP contribution >= 0.6 is 27.5 Å². The average molecular weight is 463 g/mol. The van der Waals surface area contributed by atoms with Gasteiger partial charge in [-0.15, -0.1) is 0 Å². The maximum atomic E-state index is 13.3. The van der Waals surface area contributed by atoms with Crippen molar-refractivity contribution >= 4 is 43.4 Å². The van der Waals surface area contributed by atoms with Crippen molar-refractivity contribution in [2.24, 2.45) is 0 Å². The molecule has 0 aliphatic rings. The summed E-state index contributed by atoms with van der Waals surface area (Å²) in [6, 6.07) is 9.50. The van der Waals surface area contributed by atoms with Gasteiger partial charge in [-0.1, -0.05) is 29.8 Å². The minimum atomic E-state index is -4.13. The quantitative estimate of drug-likeness (QED) is 0.610. The summed E-state index contributed by atoms with van der Waals surface area (Å²) in [5, 5.41) is 4.71. The molecule has 0 saturated carbocycles. The number of nitrogens with one attached hydrogen (secondary N) is 1. The molecular formula is C16H11BrClF2N3O2S. The number of sulfonamides is 1. The molecule has 0 aliphatic carbocycles. The van der Waals surface area contributed by atoms with E-state index in [1.807, 2.05) is 12.1 Å². The van der Waals surface area contributed by atoms with Crippen molar-refractivity contribution in [2.75, 3.05) is 4.72 Å². The van der Waals surface area contributed by atoms with E-state index < -0.39 is 26.6 Å².